The predicted molar refractivity (Wildman–Crippen MR) is 148 cm³/mol. The van der Waals surface area contributed by atoms with Gasteiger partial charge in [-0.25, -0.2) is 18.3 Å². The van der Waals surface area contributed by atoms with E-state index in [2.05, 4.69) is 6.07 Å². The van der Waals surface area contributed by atoms with Gasteiger partial charge < -0.3 is 0 Å². The van der Waals surface area contributed by atoms with Crippen LogP contribution in [0.4, 0.5) is 5.69 Å². The Morgan fingerprint density at radius 1 is 0.947 bits per heavy atom. The summed E-state index contributed by atoms with van der Waals surface area (Å²) in [5, 5.41) is 0.857. The van der Waals surface area contributed by atoms with Gasteiger partial charge in [0.15, 0.2) is 0 Å². The Morgan fingerprint density at radius 3 is 2.37 bits per heavy atom. The van der Waals surface area contributed by atoms with E-state index >= 15 is 0 Å². The van der Waals surface area contributed by atoms with Crippen molar-refractivity contribution < 1.29 is 18.0 Å². The maximum absolute atomic E-state index is 13.7. The zero-order chi connectivity index (χ0) is 26.4. The predicted octanol–water partition coefficient (Wildman–Crippen LogP) is 5.54. The van der Waals surface area contributed by atoms with Crippen molar-refractivity contribution in [2.24, 2.45) is 0 Å². The molecule has 1 saturated heterocycles. The molecule has 2 amide bonds. The molecule has 0 radical (unpaired) electrons. The lowest BCUT2D eigenvalue weighted by Crippen LogP contribution is -2.49. The van der Waals surface area contributed by atoms with Crippen LogP contribution in [0.25, 0.3) is 20.8 Å². The molecule has 2 aliphatic rings. The lowest BCUT2D eigenvalue weighted by Gasteiger charge is -2.32. The average molecular weight is 546 g/mol. The quantitative estimate of drug-likeness (QED) is 0.297. The molecule has 0 spiro atoms. The lowest BCUT2D eigenvalue weighted by molar-refractivity contribution is -0.122. The van der Waals surface area contributed by atoms with Crippen molar-refractivity contribution in [1.82, 2.24) is 9.29 Å². The van der Waals surface area contributed by atoms with Gasteiger partial charge in [-0.2, -0.15) is 4.31 Å². The van der Waals surface area contributed by atoms with Gasteiger partial charge >= 0.3 is 0 Å². The van der Waals surface area contributed by atoms with Gasteiger partial charge in [0.05, 0.1) is 27.2 Å². The van der Waals surface area contributed by atoms with Gasteiger partial charge in [0.1, 0.15) is 11.0 Å². The summed E-state index contributed by atoms with van der Waals surface area (Å²) in [7, 11) is -3.96. The number of aryl methyl sites for hydroxylation is 1. The van der Waals surface area contributed by atoms with Gasteiger partial charge in [-0.05, 0) is 73.9 Å². The van der Waals surface area contributed by atoms with Gasteiger partial charge in [-0.1, -0.05) is 37.1 Å². The zero-order valence-corrected chi connectivity index (χ0v) is 22.5. The van der Waals surface area contributed by atoms with Crippen molar-refractivity contribution >= 4 is 49.1 Å². The van der Waals surface area contributed by atoms with E-state index in [9.17, 15) is 18.0 Å². The number of aromatic nitrogens is 1. The molecule has 2 fully saturated rings. The number of fused-ring (bicyclic) bond motifs is 1. The second-order valence-electron chi connectivity index (χ2n) is 9.91. The number of rotatable bonds is 6. The fourth-order valence-electron chi connectivity index (χ4n) is 5.49. The minimum atomic E-state index is -3.96. The smallest absolute Gasteiger partial charge is 0.252 e. The Labute approximate surface area is 225 Å². The highest BCUT2D eigenvalue weighted by molar-refractivity contribution is 7.89. The first-order valence-electron chi connectivity index (χ1n) is 12.8. The van der Waals surface area contributed by atoms with Gasteiger partial charge in [0.25, 0.3) is 5.91 Å². The Kier molecular flexibility index (Phi) is 6.37. The molecule has 1 aliphatic carbocycles. The highest BCUT2D eigenvalue weighted by Gasteiger charge is 2.49. The Balaban J connectivity index is 1.30. The van der Waals surface area contributed by atoms with E-state index in [0.717, 1.165) is 38.5 Å². The second-order valence-corrected chi connectivity index (χ2v) is 12.8. The number of thiazole rings is 1. The van der Waals surface area contributed by atoms with Crippen LogP contribution in [0.3, 0.4) is 0 Å². The number of imide groups is 1. The fraction of sp³-hybridized carbons (Fsp3) is 0.276. The van der Waals surface area contributed by atoms with E-state index in [4.69, 9.17) is 4.98 Å². The van der Waals surface area contributed by atoms with Crippen molar-refractivity contribution in [3.8, 4) is 10.6 Å². The molecule has 0 bridgehead atoms. The van der Waals surface area contributed by atoms with E-state index in [-0.39, 0.29) is 17.4 Å². The molecule has 3 aromatic carbocycles. The maximum Gasteiger partial charge on any atom is 0.252 e. The summed E-state index contributed by atoms with van der Waals surface area (Å²) in [6.07, 6.45) is 2.99. The van der Waals surface area contributed by atoms with Crippen molar-refractivity contribution in [2.45, 2.75) is 56.0 Å². The summed E-state index contributed by atoms with van der Waals surface area (Å²) in [5.74, 6) is -0.890. The van der Waals surface area contributed by atoms with E-state index < -0.39 is 27.9 Å². The number of sulfonamides is 1. The summed E-state index contributed by atoms with van der Waals surface area (Å²) in [6, 6.07) is 20.1. The van der Waals surface area contributed by atoms with E-state index in [1.54, 1.807) is 53.8 Å². The SMILES string of the molecule is Cc1ccc2nc(-c3ccc(N4C(=O)CC(N(C5CCCC5)S(=O)(=O)c5ccccc5)C4=O)cc3)sc2c1. The van der Waals surface area contributed by atoms with Gasteiger partial charge in [-0.15, -0.1) is 11.3 Å². The topological polar surface area (TPSA) is 87.7 Å². The summed E-state index contributed by atoms with van der Waals surface area (Å²) in [6.45, 7) is 2.05. The summed E-state index contributed by atoms with van der Waals surface area (Å²) < 4.78 is 29.9. The standard InChI is InChI=1S/C29H27N3O4S2/c1-19-11-16-24-26(17-19)37-28(30-24)20-12-14-21(15-13-20)31-27(33)18-25(29(31)34)32(22-7-5-6-8-22)38(35,36)23-9-3-2-4-10-23/h2-4,9-17,22,25H,5-8,18H2,1H3. The van der Waals surface area contributed by atoms with Crippen LogP contribution in [0.15, 0.2) is 77.7 Å². The van der Waals surface area contributed by atoms with Gasteiger partial charge in [0.2, 0.25) is 15.9 Å². The summed E-state index contributed by atoms with van der Waals surface area (Å²) >= 11 is 1.59. The molecule has 0 N–H and O–H groups in total. The number of nitrogens with zero attached hydrogens (tertiary/aromatic N) is 3. The minimum Gasteiger partial charge on any atom is -0.274 e. The Bertz CT molecular complexity index is 1630. The van der Waals surface area contributed by atoms with Crippen molar-refractivity contribution in [1.29, 1.82) is 0 Å². The first kappa shape index (κ1) is 24.9. The number of hydrogen-bond acceptors (Lipinski definition) is 6. The number of anilines is 1. The van der Waals surface area contributed by atoms with Crippen molar-refractivity contribution in [3.63, 3.8) is 0 Å². The van der Waals surface area contributed by atoms with Crippen molar-refractivity contribution in [3.05, 3.63) is 78.4 Å². The molecule has 2 heterocycles. The second kappa shape index (κ2) is 9.72. The molecule has 1 aliphatic heterocycles. The minimum absolute atomic E-state index is 0.140. The van der Waals surface area contributed by atoms with Crippen LogP contribution in [-0.2, 0) is 19.6 Å². The number of benzene rings is 3. The zero-order valence-electron chi connectivity index (χ0n) is 20.9. The molecule has 7 nitrogen and oxygen atoms in total. The monoisotopic (exact) mass is 545 g/mol. The Hall–Kier alpha value is -3.40. The molecule has 1 atom stereocenters. The molecule has 1 aromatic heterocycles. The van der Waals surface area contributed by atoms with Crippen molar-refractivity contribution in [2.75, 3.05) is 4.90 Å². The molecule has 4 aromatic rings. The molecule has 1 saturated carbocycles. The third-order valence-electron chi connectivity index (χ3n) is 7.35. The van der Waals surface area contributed by atoms with Gasteiger partial charge in [0, 0.05) is 11.6 Å². The molecule has 1 unspecified atom stereocenters. The van der Waals surface area contributed by atoms with Gasteiger partial charge in [-0.3, -0.25) is 9.59 Å². The van der Waals surface area contributed by atoms with Crippen LogP contribution in [0.2, 0.25) is 0 Å². The summed E-state index contributed by atoms with van der Waals surface area (Å²) in [4.78, 5) is 32.8. The van der Waals surface area contributed by atoms with Crippen LogP contribution in [0, 0.1) is 6.92 Å². The Morgan fingerprint density at radius 2 is 1.66 bits per heavy atom. The third-order valence-corrected chi connectivity index (χ3v) is 10.4. The van der Waals surface area contributed by atoms with E-state index in [1.165, 1.54) is 9.87 Å². The molecule has 9 heteroatoms. The normalized spacial score (nSPS) is 18.8. The van der Waals surface area contributed by atoms with Crippen LogP contribution >= 0.6 is 11.3 Å². The molecule has 194 valence electrons. The molecule has 6 rings (SSSR count). The van der Waals surface area contributed by atoms with Crippen LogP contribution in [-0.4, -0.2) is 41.6 Å². The first-order chi connectivity index (χ1) is 18.3. The largest absolute Gasteiger partial charge is 0.274 e. The molecular formula is C29H27N3O4S2. The number of carbonyl (C=O) groups excluding carboxylic acids is 2. The highest BCUT2D eigenvalue weighted by atomic mass is 32.2. The van der Waals surface area contributed by atoms with Crippen LogP contribution in [0.1, 0.15) is 37.7 Å². The maximum atomic E-state index is 13.7. The van der Waals surface area contributed by atoms with E-state index in [0.29, 0.717) is 18.5 Å². The van der Waals surface area contributed by atoms with Crippen LogP contribution < -0.4 is 4.90 Å². The number of amides is 2. The first-order valence-corrected chi connectivity index (χ1v) is 15.0. The average Bonchev–Trinajstić information content (AvgIpc) is 3.65. The van der Waals surface area contributed by atoms with E-state index in [1.807, 2.05) is 31.2 Å². The number of hydrogen-bond donors (Lipinski definition) is 0. The fourth-order valence-corrected chi connectivity index (χ4v) is 8.40. The molecule has 38 heavy (non-hydrogen) atoms. The number of carbonyl (C=O) groups is 2. The molecular weight excluding hydrogens is 518 g/mol. The lowest BCUT2D eigenvalue weighted by atomic mass is 10.1. The highest BCUT2D eigenvalue weighted by Crippen LogP contribution is 2.37. The van der Waals surface area contributed by atoms with Crippen LogP contribution in [0.5, 0.6) is 0 Å². The third kappa shape index (κ3) is 4.34. The summed E-state index contributed by atoms with van der Waals surface area (Å²) in [5.41, 5.74) is 3.43.